The molecule has 3 aromatic rings. The summed E-state index contributed by atoms with van der Waals surface area (Å²) in [6.45, 7) is 2.01. The fraction of sp³-hybridized carbons (Fsp3) is 0.143. The van der Waals surface area contributed by atoms with E-state index in [2.05, 4.69) is 9.97 Å². The minimum Gasteiger partial charge on any atom is -0.497 e. The van der Waals surface area contributed by atoms with Crippen molar-refractivity contribution in [3.05, 3.63) is 42.1 Å². The van der Waals surface area contributed by atoms with Crippen molar-refractivity contribution in [1.29, 1.82) is 0 Å². The van der Waals surface area contributed by atoms with Crippen molar-refractivity contribution in [2.45, 2.75) is 6.92 Å². The van der Waals surface area contributed by atoms with Crippen molar-refractivity contribution in [3.8, 4) is 17.2 Å². The Bertz CT molecular complexity index is 671. The van der Waals surface area contributed by atoms with Crippen molar-refractivity contribution >= 4 is 11.2 Å². The van der Waals surface area contributed by atoms with Crippen LogP contribution >= 0.6 is 0 Å². The van der Waals surface area contributed by atoms with Crippen LogP contribution < -0.4 is 4.74 Å². The summed E-state index contributed by atoms with van der Waals surface area (Å²) in [5, 5.41) is 0. The summed E-state index contributed by atoms with van der Waals surface area (Å²) in [5.74, 6) is 1.35. The molecule has 90 valence electrons. The Kier molecular flexibility index (Phi) is 2.48. The molecule has 0 aliphatic rings. The van der Waals surface area contributed by atoms with Gasteiger partial charge in [0.2, 0.25) is 5.89 Å². The number of aryl methyl sites for hydroxylation is 1. The van der Waals surface area contributed by atoms with E-state index in [0.29, 0.717) is 17.1 Å². The SMILES string of the molecule is COc1cc(C)cc(-c2nc3ncccc3o2)c1. The lowest BCUT2D eigenvalue weighted by molar-refractivity contribution is 0.414. The molecule has 0 saturated carbocycles. The average molecular weight is 240 g/mol. The molecular weight excluding hydrogens is 228 g/mol. The second-order valence-corrected chi connectivity index (χ2v) is 4.08. The molecule has 0 saturated heterocycles. The van der Waals surface area contributed by atoms with Gasteiger partial charge in [-0.15, -0.1) is 0 Å². The highest BCUT2D eigenvalue weighted by molar-refractivity contribution is 5.72. The third kappa shape index (κ3) is 1.82. The predicted molar refractivity (Wildman–Crippen MR) is 68.5 cm³/mol. The number of pyridine rings is 1. The number of oxazole rings is 1. The van der Waals surface area contributed by atoms with Crippen LogP contribution in [0, 0.1) is 6.92 Å². The number of ether oxygens (including phenoxy) is 1. The quantitative estimate of drug-likeness (QED) is 0.690. The topological polar surface area (TPSA) is 48.2 Å². The summed E-state index contributed by atoms with van der Waals surface area (Å²) < 4.78 is 10.9. The summed E-state index contributed by atoms with van der Waals surface area (Å²) >= 11 is 0. The van der Waals surface area contributed by atoms with Gasteiger partial charge in [-0.1, -0.05) is 0 Å². The van der Waals surface area contributed by atoms with Crippen molar-refractivity contribution in [1.82, 2.24) is 9.97 Å². The van der Waals surface area contributed by atoms with Gasteiger partial charge in [-0.3, -0.25) is 0 Å². The van der Waals surface area contributed by atoms with E-state index in [-0.39, 0.29) is 0 Å². The molecule has 0 aliphatic heterocycles. The summed E-state index contributed by atoms with van der Waals surface area (Å²) in [6.07, 6.45) is 1.70. The number of methoxy groups -OCH3 is 1. The molecular formula is C14H12N2O2. The molecule has 2 aromatic heterocycles. The molecule has 18 heavy (non-hydrogen) atoms. The number of fused-ring (bicyclic) bond motifs is 1. The average Bonchev–Trinajstić information content (AvgIpc) is 2.81. The third-order valence-corrected chi connectivity index (χ3v) is 2.70. The van der Waals surface area contributed by atoms with Gasteiger partial charge >= 0.3 is 0 Å². The second-order valence-electron chi connectivity index (χ2n) is 4.08. The zero-order chi connectivity index (χ0) is 12.5. The lowest BCUT2D eigenvalue weighted by atomic mass is 10.1. The summed E-state index contributed by atoms with van der Waals surface area (Å²) in [4.78, 5) is 8.52. The number of hydrogen-bond acceptors (Lipinski definition) is 4. The Hall–Kier alpha value is -2.36. The van der Waals surface area contributed by atoms with Gasteiger partial charge in [-0.2, -0.15) is 4.98 Å². The van der Waals surface area contributed by atoms with E-state index in [1.54, 1.807) is 13.3 Å². The Labute approximate surface area is 104 Å². The molecule has 1 aromatic carbocycles. The molecule has 4 nitrogen and oxygen atoms in total. The Balaban J connectivity index is 2.16. The first-order valence-electron chi connectivity index (χ1n) is 5.64. The minimum absolute atomic E-state index is 0.561. The van der Waals surface area contributed by atoms with Crippen molar-refractivity contribution in [2.24, 2.45) is 0 Å². The van der Waals surface area contributed by atoms with E-state index >= 15 is 0 Å². The first-order chi connectivity index (χ1) is 8.76. The van der Waals surface area contributed by atoms with E-state index < -0.39 is 0 Å². The maximum atomic E-state index is 5.68. The highest BCUT2D eigenvalue weighted by Crippen LogP contribution is 2.27. The Morgan fingerprint density at radius 1 is 1.22 bits per heavy atom. The fourth-order valence-electron chi connectivity index (χ4n) is 1.88. The molecule has 0 radical (unpaired) electrons. The summed E-state index contributed by atoms with van der Waals surface area (Å²) in [5.41, 5.74) is 3.30. The standard InChI is InChI=1S/C14H12N2O2/c1-9-6-10(8-11(7-9)17-2)14-16-13-12(18-14)4-3-5-15-13/h3-8H,1-2H3. The Morgan fingerprint density at radius 3 is 2.89 bits per heavy atom. The second kappa shape index (κ2) is 4.14. The van der Waals surface area contributed by atoms with Crippen LogP contribution in [0.15, 0.2) is 40.9 Å². The van der Waals surface area contributed by atoms with Crippen LogP contribution in [-0.4, -0.2) is 17.1 Å². The van der Waals surface area contributed by atoms with E-state index in [0.717, 1.165) is 16.9 Å². The fourth-order valence-corrected chi connectivity index (χ4v) is 1.88. The molecule has 3 rings (SSSR count). The van der Waals surface area contributed by atoms with Crippen LogP contribution in [0.3, 0.4) is 0 Å². The lowest BCUT2D eigenvalue weighted by Gasteiger charge is -2.03. The molecule has 0 fully saturated rings. The van der Waals surface area contributed by atoms with Crippen LogP contribution in [0.5, 0.6) is 5.75 Å². The number of aromatic nitrogens is 2. The van der Waals surface area contributed by atoms with Gasteiger partial charge in [-0.05, 0) is 42.8 Å². The molecule has 0 amide bonds. The molecule has 4 heteroatoms. The van der Waals surface area contributed by atoms with Gasteiger partial charge < -0.3 is 9.15 Å². The largest absolute Gasteiger partial charge is 0.497 e. The highest BCUT2D eigenvalue weighted by atomic mass is 16.5. The molecule has 0 spiro atoms. The Morgan fingerprint density at radius 2 is 2.11 bits per heavy atom. The lowest BCUT2D eigenvalue weighted by Crippen LogP contribution is -1.86. The monoisotopic (exact) mass is 240 g/mol. The molecule has 0 unspecified atom stereocenters. The van der Waals surface area contributed by atoms with Crippen molar-refractivity contribution < 1.29 is 9.15 Å². The van der Waals surface area contributed by atoms with E-state index in [1.807, 2.05) is 37.3 Å². The first kappa shape index (κ1) is 10.8. The van der Waals surface area contributed by atoms with Gasteiger partial charge in [0.05, 0.1) is 7.11 Å². The molecule has 0 bridgehead atoms. The van der Waals surface area contributed by atoms with E-state index in [4.69, 9.17) is 9.15 Å². The van der Waals surface area contributed by atoms with Crippen LogP contribution in [0.1, 0.15) is 5.56 Å². The highest BCUT2D eigenvalue weighted by Gasteiger charge is 2.10. The molecule has 0 N–H and O–H groups in total. The van der Waals surface area contributed by atoms with Gasteiger partial charge in [-0.25, -0.2) is 4.98 Å². The maximum absolute atomic E-state index is 5.68. The number of rotatable bonds is 2. The number of benzene rings is 1. The number of nitrogens with zero attached hydrogens (tertiary/aromatic N) is 2. The zero-order valence-corrected chi connectivity index (χ0v) is 10.2. The summed E-state index contributed by atoms with van der Waals surface area (Å²) in [6, 6.07) is 9.55. The first-order valence-corrected chi connectivity index (χ1v) is 5.64. The van der Waals surface area contributed by atoms with Gasteiger partial charge in [0.25, 0.3) is 0 Å². The molecule has 0 aliphatic carbocycles. The van der Waals surface area contributed by atoms with Crippen molar-refractivity contribution in [3.63, 3.8) is 0 Å². The van der Waals surface area contributed by atoms with Gasteiger partial charge in [0.1, 0.15) is 5.75 Å². The van der Waals surface area contributed by atoms with Crippen LogP contribution in [0.25, 0.3) is 22.7 Å². The third-order valence-electron chi connectivity index (χ3n) is 2.70. The van der Waals surface area contributed by atoms with Gasteiger partial charge in [0, 0.05) is 11.8 Å². The van der Waals surface area contributed by atoms with Gasteiger partial charge in [0.15, 0.2) is 11.2 Å². The zero-order valence-electron chi connectivity index (χ0n) is 10.2. The molecule has 0 atom stereocenters. The summed E-state index contributed by atoms with van der Waals surface area (Å²) in [7, 11) is 1.65. The van der Waals surface area contributed by atoms with Crippen LogP contribution in [-0.2, 0) is 0 Å². The van der Waals surface area contributed by atoms with E-state index in [9.17, 15) is 0 Å². The van der Waals surface area contributed by atoms with Crippen LogP contribution in [0.4, 0.5) is 0 Å². The van der Waals surface area contributed by atoms with Crippen LogP contribution in [0.2, 0.25) is 0 Å². The maximum Gasteiger partial charge on any atom is 0.229 e. The predicted octanol–water partition coefficient (Wildman–Crippen LogP) is 3.21. The molecule has 2 heterocycles. The minimum atomic E-state index is 0.561. The number of hydrogen-bond donors (Lipinski definition) is 0. The normalized spacial score (nSPS) is 10.8. The van der Waals surface area contributed by atoms with Crippen molar-refractivity contribution in [2.75, 3.05) is 7.11 Å². The smallest absolute Gasteiger partial charge is 0.229 e. The van der Waals surface area contributed by atoms with E-state index in [1.165, 1.54) is 0 Å².